The largest absolute Gasteiger partial charge is 0.468 e. The van der Waals surface area contributed by atoms with E-state index in [9.17, 15) is 4.79 Å². The Balaban J connectivity index is 4.65. The Morgan fingerprint density at radius 3 is 2.40 bits per heavy atom. The van der Waals surface area contributed by atoms with Gasteiger partial charge in [0.15, 0.2) is 0 Å². The van der Waals surface area contributed by atoms with E-state index in [0.29, 0.717) is 13.1 Å². The molecule has 0 aliphatic carbocycles. The molecule has 1 unspecified atom stereocenters. The number of esters is 1. The standard InChI is InChI=1S/C11H16N2O2/c1-4-8-13(9-5-2)10(6-7-12)11(14)15-3/h4-5,10H,1-2,6,8-9H2,3H3. The van der Waals surface area contributed by atoms with Gasteiger partial charge in [-0.25, -0.2) is 0 Å². The van der Waals surface area contributed by atoms with Crippen molar-refractivity contribution >= 4 is 5.97 Å². The molecule has 0 amide bonds. The Bertz CT molecular complexity index is 258. The molecule has 0 aromatic carbocycles. The molecule has 0 saturated carbocycles. The van der Waals surface area contributed by atoms with Crippen LogP contribution in [0.3, 0.4) is 0 Å². The first-order chi connectivity index (χ1) is 7.21. The summed E-state index contributed by atoms with van der Waals surface area (Å²) in [4.78, 5) is 13.2. The second-order valence-electron chi connectivity index (χ2n) is 2.93. The summed E-state index contributed by atoms with van der Waals surface area (Å²) >= 11 is 0. The Morgan fingerprint density at radius 2 is 2.07 bits per heavy atom. The number of carbonyl (C=O) groups excluding carboxylic acids is 1. The number of rotatable bonds is 7. The van der Waals surface area contributed by atoms with Crippen LogP contribution in [0.2, 0.25) is 0 Å². The van der Waals surface area contributed by atoms with Crippen molar-refractivity contribution in [1.82, 2.24) is 4.90 Å². The van der Waals surface area contributed by atoms with E-state index in [0.717, 1.165) is 0 Å². The van der Waals surface area contributed by atoms with Crippen LogP contribution in [-0.2, 0) is 9.53 Å². The first kappa shape index (κ1) is 13.4. The van der Waals surface area contributed by atoms with Crippen molar-refractivity contribution in [1.29, 1.82) is 5.26 Å². The van der Waals surface area contributed by atoms with Gasteiger partial charge in [-0.2, -0.15) is 5.26 Å². The smallest absolute Gasteiger partial charge is 0.324 e. The van der Waals surface area contributed by atoms with E-state index in [4.69, 9.17) is 5.26 Å². The summed E-state index contributed by atoms with van der Waals surface area (Å²) in [7, 11) is 1.31. The van der Waals surface area contributed by atoms with Crippen molar-refractivity contribution in [3.05, 3.63) is 25.3 Å². The molecule has 0 aliphatic heterocycles. The van der Waals surface area contributed by atoms with E-state index in [1.165, 1.54) is 7.11 Å². The molecule has 0 rings (SSSR count). The van der Waals surface area contributed by atoms with Gasteiger partial charge in [0.2, 0.25) is 0 Å². The number of carbonyl (C=O) groups is 1. The molecule has 0 heterocycles. The Labute approximate surface area is 90.4 Å². The lowest BCUT2D eigenvalue weighted by Crippen LogP contribution is -2.41. The van der Waals surface area contributed by atoms with Gasteiger partial charge < -0.3 is 4.74 Å². The Morgan fingerprint density at radius 1 is 1.53 bits per heavy atom. The summed E-state index contributed by atoms with van der Waals surface area (Å²) in [5.41, 5.74) is 0. The van der Waals surface area contributed by atoms with E-state index in [1.807, 2.05) is 6.07 Å². The highest BCUT2D eigenvalue weighted by Gasteiger charge is 2.24. The SMILES string of the molecule is C=CCN(CC=C)C(CC#N)C(=O)OC. The summed E-state index contributed by atoms with van der Waals surface area (Å²) in [6.07, 6.45) is 3.46. The topological polar surface area (TPSA) is 53.3 Å². The van der Waals surface area contributed by atoms with E-state index >= 15 is 0 Å². The van der Waals surface area contributed by atoms with E-state index in [1.54, 1.807) is 17.1 Å². The zero-order valence-corrected chi connectivity index (χ0v) is 8.98. The van der Waals surface area contributed by atoms with Gasteiger partial charge >= 0.3 is 5.97 Å². The average Bonchev–Trinajstić information content (AvgIpc) is 2.25. The Kier molecular flexibility index (Phi) is 6.94. The van der Waals surface area contributed by atoms with Gasteiger partial charge in [-0.3, -0.25) is 9.69 Å². The normalized spacial score (nSPS) is 11.5. The third-order valence-corrected chi connectivity index (χ3v) is 1.93. The summed E-state index contributed by atoms with van der Waals surface area (Å²) < 4.78 is 4.64. The number of hydrogen-bond acceptors (Lipinski definition) is 4. The average molecular weight is 208 g/mol. The maximum atomic E-state index is 11.4. The number of nitrogens with zero attached hydrogens (tertiary/aromatic N) is 2. The first-order valence-corrected chi connectivity index (χ1v) is 4.61. The lowest BCUT2D eigenvalue weighted by molar-refractivity contribution is -0.146. The fourth-order valence-corrected chi connectivity index (χ4v) is 1.24. The first-order valence-electron chi connectivity index (χ1n) is 4.61. The van der Waals surface area contributed by atoms with Crippen molar-refractivity contribution in [2.24, 2.45) is 0 Å². The second-order valence-corrected chi connectivity index (χ2v) is 2.93. The number of hydrogen-bond donors (Lipinski definition) is 0. The Hall–Kier alpha value is -1.60. The van der Waals surface area contributed by atoms with Crippen LogP contribution >= 0.6 is 0 Å². The van der Waals surface area contributed by atoms with Crippen LogP contribution in [-0.4, -0.2) is 37.1 Å². The van der Waals surface area contributed by atoms with Crippen LogP contribution in [0.4, 0.5) is 0 Å². The van der Waals surface area contributed by atoms with Crippen LogP contribution < -0.4 is 0 Å². The molecule has 0 aromatic rings. The molecule has 0 aliphatic rings. The molecule has 0 aromatic heterocycles. The fraction of sp³-hybridized carbons (Fsp3) is 0.455. The number of nitriles is 1. The summed E-state index contributed by atoms with van der Waals surface area (Å²) in [5.74, 6) is -0.403. The third-order valence-electron chi connectivity index (χ3n) is 1.93. The molecular weight excluding hydrogens is 192 g/mol. The van der Waals surface area contributed by atoms with Crippen LogP contribution in [0.15, 0.2) is 25.3 Å². The lowest BCUT2D eigenvalue weighted by Gasteiger charge is -2.25. The maximum absolute atomic E-state index is 11.4. The molecule has 0 fully saturated rings. The zero-order valence-electron chi connectivity index (χ0n) is 8.98. The van der Waals surface area contributed by atoms with E-state index in [2.05, 4.69) is 17.9 Å². The highest BCUT2D eigenvalue weighted by Crippen LogP contribution is 2.06. The van der Waals surface area contributed by atoms with Gasteiger partial charge in [-0.1, -0.05) is 12.2 Å². The predicted octanol–water partition coefficient (Wildman–Crippen LogP) is 1.12. The highest BCUT2D eigenvalue weighted by molar-refractivity contribution is 5.76. The van der Waals surface area contributed by atoms with Gasteiger partial charge in [-0.15, -0.1) is 13.2 Å². The molecule has 15 heavy (non-hydrogen) atoms. The minimum absolute atomic E-state index is 0.106. The van der Waals surface area contributed by atoms with Gasteiger partial charge in [0, 0.05) is 13.1 Å². The molecule has 0 bridgehead atoms. The van der Waals surface area contributed by atoms with Crippen LogP contribution in [0.25, 0.3) is 0 Å². The molecule has 0 radical (unpaired) electrons. The minimum Gasteiger partial charge on any atom is -0.468 e. The van der Waals surface area contributed by atoms with Crippen LogP contribution in [0.5, 0.6) is 0 Å². The van der Waals surface area contributed by atoms with Crippen LogP contribution in [0, 0.1) is 11.3 Å². The zero-order chi connectivity index (χ0) is 11.7. The quantitative estimate of drug-likeness (QED) is 0.464. The van der Waals surface area contributed by atoms with Crippen molar-refractivity contribution in [2.45, 2.75) is 12.5 Å². The van der Waals surface area contributed by atoms with Crippen LogP contribution in [0.1, 0.15) is 6.42 Å². The molecule has 4 heteroatoms. The summed E-state index contributed by atoms with van der Waals surface area (Å²) in [6, 6.07) is 1.42. The van der Waals surface area contributed by atoms with E-state index in [-0.39, 0.29) is 6.42 Å². The molecule has 1 atom stereocenters. The molecule has 0 saturated heterocycles. The van der Waals surface area contributed by atoms with Crippen molar-refractivity contribution in [3.63, 3.8) is 0 Å². The second kappa shape index (κ2) is 7.77. The van der Waals surface area contributed by atoms with Crippen molar-refractivity contribution in [3.8, 4) is 6.07 Å². The van der Waals surface area contributed by atoms with Gasteiger partial charge in [0.25, 0.3) is 0 Å². The van der Waals surface area contributed by atoms with E-state index < -0.39 is 12.0 Å². The number of ether oxygens (including phenoxy) is 1. The summed E-state index contributed by atoms with van der Waals surface area (Å²) in [6.45, 7) is 8.24. The molecule has 0 N–H and O–H groups in total. The van der Waals surface area contributed by atoms with Gasteiger partial charge in [0.1, 0.15) is 6.04 Å². The number of methoxy groups -OCH3 is 1. The maximum Gasteiger partial charge on any atom is 0.324 e. The summed E-state index contributed by atoms with van der Waals surface area (Å²) in [5, 5.41) is 8.63. The van der Waals surface area contributed by atoms with Gasteiger partial charge in [0.05, 0.1) is 19.6 Å². The van der Waals surface area contributed by atoms with Crippen molar-refractivity contribution < 1.29 is 9.53 Å². The fourth-order valence-electron chi connectivity index (χ4n) is 1.24. The molecule has 4 nitrogen and oxygen atoms in total. The molecular formula is C11H16N2O2. The molecule has 0 spiro atoms. The molecule has 82 valence electrons. The minimum atomic E-state index is -0.545. The van der Waals surface area contributed by atoms with Crippen molar-refractivity contribution in [2.75, 3.05) is 20.2 Å². The monoisotopic (exact) mass is 208 g/mol. The predicted molar refractivity (Wildman–Crippen MR) is 58.0 cm³/mol. The van der Waals surface area contributed by atoms with Gasteiger partial charge in [-0.05, 0) is 0 Å². The third kappa shape index (κ3) is 4.43. The highest BCUT2D eigenvalue weighted by atomic mass is 16.5. The lowest BCUT2D eigenvalue weighted by atomic mass is 10.2.